The maximum Gasteiger partial charge on any atom is 0.317 e. The number of benzene rings is 2. The number of carboxylic acid groups (broad SMARTS) is 1. The molecule has 1 unspecified atom stereocenters. The summed E-state index contributed by atoms with van der Waals surface area (Å²) in [5.74, 6) is -3.90. The molecule has 3 amide bonds. The van der Waals surface area contributed by atoms with Gasteiger partial charge in [0.2, 0.25) is 5.91 Å². The van der Waals surface area contributed by atoms with Crippen LogP contribution in [0, 0.1) is 30.4 Å². The first-order valence-electron chi connectivity index (χ1n) is 19.7. The average Bonchev–Trinajstić information content (AvgIpc) is 3.77. The lowest BCUT2D eigenvalue weighted by molar-refractivity contribution is -0.138. The summed E-state index contributed by atoms with van der Waals surface area (Å²) < 4.78 is 39.1. The first-order chi connectivity index (χ1) is 28.3. The number of methoxy groups -OCH3 is 1. The molecule has 2 saturated heterocycles. The summed E-state index contributed by atoms with van der Waals surface area (Å²) in [6.07, 6.45) is 4.11. The van der Waals surface area contributed by atoms with E-state index in [-0.39, 0.29) is 63.2 Å². The summed E-state index contributed by atoms with van der Waals surface area (Å²) in [5, 5.41) is 19.8. The fourth-order valence-corrected chi connectivity index (χ4v) is 7.79. The Bertz CT molecular complexity index is 2180. The summed E-state index contributed by atoms with van der Waals surface area (Å²) in [5.41, 5.74) is 1.65. The maximum absolute atomic E-state index is 15.6. The summed E-state index contributed by atoms with van der Waals surface area (Å²) in [6.45, 7) is 8.73. The molecule has 3 N–H and O–H groups in total. The molecule has 0 radical (unpaired) electrons. The van der Waals surface area contributed by atoms with Crippen LogP contribution >= 0.6 is 11.6 Å². The molecule has 15 nitrogen and oxygen atoms in total. The maximum atomic E-state index is 15.6. The number of nitrogens with one attached hydrogen (secondary N) is 2. The molecule has 316 valence electrons. The number of carboxylic acids is 1. The molecule has 6 rings (SSSR count). The van der Waals surface area contributed by atoms with Gasteiger partial charge in [-0.1, -0.05) is 24.6 Å². The lowest BCUT2D eigenvalue weighted by Gasteiger charge is -2.37. The number of carbonyl (C=O) groups excluding carboxylic acids is 3. The van der Waals surface area contributed by atoms with Gasteiger partial charge in [-0.25, -0.2) is 13.8 Å². The van der Waals surface area contributed by atoms with Crippen LogP contribution in [0.25, 0.3) is 22.4 Å². The average molecular weight is 838 g/mol. The van der Waals surface area contributed by atoms with Crippen molar-refractivity contribution < 1.29 is 37.8 Å². The number of nitrogens with zero attached hydrogens (tertiary/aromatic N) is 7. The molecule has 2 aromatic carbocycles. The summed E-state index contributed by atoms with van der Waals surface area (Å²) in [6, 6.07) is 7.40. The highest BCUT2D eigenvalue weighted by Crippen LogP contribution is 2.33. The van der Waals surface area contributed by atoms with Crippen LogP contribution in [0.4, 0.5) is 14.5 Å². The smallest absolute Gasteiger partial charge is 0.317 e. The Labute approximate surface area is 346 Å². The normalized spacial score (nSPS) is 15.1. The zero-order valence-electron chi connectivity index (χ0n) is 33.6. The SMILES string of the molecule is CCC(CCN(CC(=O)O)CC1CNC1)C(=O)N1CCN(C(=O)c2ccc(NC(=O)c3ncc(-c4ccc(-c5cn(CCOC)nc5C)c(F)c4F)n3C)cc2Cl)CC1. The third-order valence-corrected chi connectivity index (χ3v) is 11.3. The molecule has 2 aliphatic rings. The number of carbonyl (C=O) groups is 4. The van der Waals surface area contributed by atoms with Crippen molar-refractivity contribution in [3.8, 4) is 22.4 Å². The highest BCUT2D eigenvalue weighted by Gasteiger charge is 2.31. The van der Waals surface area contributed by atoms with Gasteiger partial charge in [0.25, 0.3) is 11.8 Å². The Morgan fingerprint density at radius 2 is 1.75 bits per heavy atom. The first-order valence-corrected chi connectivity index (χ1v) is 20.0. The second-order valence-corrected chi connectivity index (χ2v) is 15.4. The van der Waals surface area contributed by atoms with Crippen LogP contribution in [-0.2, 0) is 27.9 Å². The number of aromatic nitrogens is 4. The summed E-state index contributed by atoms with van der Waals surface area (Å²) in [4.78, 5) is 61.3. The second kappa shape index (κ2) is 19.2. The summed E-state index contributed by atoms with van der Waals surface area (Å²) >= 11 is 6.57. The van der Waals surface area contributed by atoms with Gasteiger partial charge in [0.05, 0.1) is 47.9 Å². The molecule has 2 fully saturated rings. The second-order valence-electron chi connectivity index (χ2n) is 15.0. The van der Waals surface area contributed by atoms with E-state index in [1.54, 1.807) is 34.7 Å². The highest BCUT2D eigenvalue weighted by molar-refractivity contribution is 6.34. The molecular formula is C41H50ClF2N9O6. The molecule has 0 saturated carbocycles. The van der Waals surface area contributed by atoms with Gasteiger partial charge >= 0.3 is 5.97 Å². The minimum Gasteiger partial charge on any atom is -0.480 e. The number of hydrogen-bond donors (Lipinski definition) is 3. The van der Waals surface area contributed by atoms with Gasteiger partial charge in [0.15, 0.2) is 17.5 Å². The van der Waals surface area contributed by atoms with E-state index < -0.39 is 23.5 Å². The molecule has 0 spiro atoms. The third-order valence-electron chi connectivity index (χ3n) is 11.0. The van der Waals surface area contributed by atoms with Crippen molar-refractivity contribution >= 4 is 41.0 Å². The van der Waals surface area contributed by atoms with Crippen molar-refractivity contribution in [1.29, 1.82) is 0 Å². The van der Waals surface area contributed by atoms with Gasteiger partial charge in [-0.2, -0.15) is 5.10 Å². The number of amides is 3. The van der Waals surface area contributed by atoms with E-state index in [4.69, 9.17) is 16.3 Å². The molecule has 2 aromatic heterocycles. The molecule has 18 heteroatoms. The molecule has 2 aliphatic heterocycles. The number of aliphatic carboxylic acids is 1. The number of hydrogen-bond acceptors (Lipinski definition) is 9. The lowest BCUT2D eigenvalue weighted by atomic mass is 9.98. The van der Waals surface area contributed by atoms with E-state index >= 15 is 8.78 Å². The minimum atomic E-state index is -1.10. The van der Waals surface area contributed by atoms with Crippen molar-refractivity contribution in [3.05, 3.63) is 76.5 Å². The lowest BCUT2D eigenvalue weighted by Crippen LogP contribution is -2.52. The van der Waals surface area contributed by atoms with E-state index in [1.165, 1.54) is 48.1 Å². The molecule has 4 aromatic rings. The topological polar surface area (TPSA) is 167 Å². The van der Waals surface area contributed by atoms with Crippen molar-refractivity contribution in [2.45, 2.75) is 33.2 Å². The van der Waals surface area contributed by atoms with Crippen molar-refractivity contribution in [3.63, 3.8) is 0 Å². The van der Waals surface area contributed by atoms with Gasteiger partial charge in [0.1, 0.15) is 0 Å². The molecule has 1 atom stereocenters. The van der Waals surface area contributed by atoms with Crippen LogP contribution in [0.5, 0.6) is 0 Å². The molecular weight excluding hydrogens is 788 g/mol. The minimum absolute atomic E-state index is 0.00174. The fraction of sp³-hybridized carbons (Fsp3) is 0.463. The Hall–Kier alpha value is -5.23. The van der Waals surface area contributed by atoms with Crippen molar-refractivity contribution in [2.24, 2.45) is 18.9 Å². The van der Waals surface area contributed by atoms with Gasteiger partial charge in [0, 0.05) is 94.5 Å². The van der Waals surface area contributed by atoms with Gasteiger partial charge in [-0.15, -0.1) is 0 Å². The quantitative estimate of drug-likeness (QED) is 0.139. The van der Waals surface area contributed by atoms with Gasteiger partial charge in [-0.3, -0.25) is 28.8 Å². The first kappa shape index (κ1) is 43.4. The number of rotatable bonds is 17. The van der Waals surface area contributed by atoms with E-state index in [9.17, 15) is 24.3 Å². The van der Waals surface area contributed by atoms with Crippen LogP contribution in [0.3, 0.4) is 0 Å². The highest BCUT2D eigenvalue weighted by atomic mass is 35.5. The van der Waals surface area contributed by atoms with Crippen molar-refractivity contribution in [2.75, 3.05) is 77.9 Å². The number of ether oxygens (including phenoxy) is 1. The van der Waals surface area contributed by atoms with E-state index in [2.05, 4.69) is 20.7 Å². The molecule has 59 heavy (non-hydrogen) atoms. The van der Waals surface area contributed by atoms with E-state index in [0.29, 0.717) is 82.4 Å². The van der Waals surface area contributed by atoms with E-state index in [0.717, 1.165) is 13.1 Å². The Kier molecular flexibility index (Phi) is 14.1. The number of aryl methyl sites for hydroxylation is 1. The van der Waals surface area contributed by atoms with Crippen LogP contribution in [0.15, 0.2) is 42.7 Å². The standard InChI is InChI=1S/C41H50ClF2N9O6/c1-5-27(10-11-50(24-35(54)55)22-26-19-45-20-26)40(57)51-12-14-52(15-13-51)41(58)30-7-6-28(18-33(30)42)47-39(56)38-46-21-34(49(38)3)31-9-8-29(36(43)37(31)44)32-23-53(16-17-59-4)48-25(32)2/h6-9,18,21,23,26-27,45H,5,10-17,19-20,22,24H2,1-4H3,(H,47,56)(H,54,55). The van der Waals surface area contributed by atoms with Crippen LogP contribution in [0.2, 0.25) is 5.02 Å². The number of piperazine rings is 1. The van der Waals surface area contributed by atoms with Crippen LogP contribution < -0.4 is 10.6 Å². The number of imidazole rings is 1. The molecule has 0 bridgehead atoms. The molecule has 0 aliphatic carbocycles. The summed E-state index contributed by atoms with van der Waals surface area (Å²) in [7, 11) is 3.08. The van der Waals surface area contributed by atoms with Crippen molar-refractivity contribution in [1.82, 2.24) is 39.3 Å². The van der Waals surface area contributed by atoms with Crippen LogP contribution in [0.1, 0.15) is 46.4 Å². The zero-order chi connectivity index (χ0) is 42.4. The largest absolute Gasteiger partial charge is 0.480 e. The van der Waals surface area contributed by atoms with E-state index in [1.807, 2.05) is 11.8 Å². The Morgan fingerprint density at radius 1 is 1.05 bits per heavy atom. The number of halogens is 3. The molecule has 4 heterocycles. The predicted octanol–water partition coefficient (Wildman–Crippen LogP) is 4.40. The zero-order valence-corrected chi connectivity index (χ0v) is 34.4. The van der Waals surface area contributed by atoms with Crippen LogP contribution in [-0.4, -0.2) is 135 Å². The fourth-order valence-electron chi connectivity index (χ4n) is 7.53. The Morgan fingerprint density at radius 3 is 2.39 bits per heavy atom. The van der Waals surface area contributed by atoms with Gasteiger partial charge < -0.3 is 34.8 Å². The van der Waals surface area contributed by atoms with Gasteiger partial charge in [-0.05, 0) is 56.5 Å². The third kappa shape index (κ3) is 9.98. The Balaban J connectivity index is 1.04. The number of anilines is 1. The predicted molar refractivity (Wildman–Crippen MR) is 217 cm³/mol. The monoisotopic (exact) mass is 837 g/mol.